The number of benzene rings is 2. The summed E-state index contributed by atoms with van der Waals surface area (Å²) in [4.78, 5) is 42.6. The SMILES string of the molecule is COC(=O)[C@H](Cc1ccc(-c2nccs2)cc1)NC(=O)C(CSC(=O)c1ccccc1)CC(C)C. The molecule has 6 nitrogen and oxygen atoms in total. The third-order valence-corrected chi connectivity index (χ3v) is 7.32. The summed E-state index contributed by atoms with van der Waals surface area (Å²) in [5.41, 5.74) is 2.50. The van der Waals surface area contributed by atoms with Gasteiger partial charge in [-0.1, -0.05) is 80.2 Å². The van der Waals surface area contributed by atoms with Crippen molar-refractivity contribution in [3.63, 3.8) is 0 Å². The second kappa shape index (κ2) is 13.2. The van der Waals surface area contributed by atoms with E-state index in [1.54, 1.807) is 29.7 Å². The van der Waals surface area contributed by atoms with E-state index in [0.29, 0.717) is 24.2 Å². The molecule has 3 aromatic rings. The van der Waals surface area contributed by atoms with Gasteiger partial charge in [0, 0.05) is 40.8 Å². The quantitative estimate of drug-likeness (QED) is 0.355. The van der Waals surface area contributed by atoms with E-state index in [1.807, 2.05) is 61.7 Å². The molecule has 1 heterocycles. The van der Waals surface area contributed by atoms with Crippen LogP contribution in [0.15, 0.2) is 66.2 Å². The van der Waals surface area contributed by atoms with E-state index in [9.17, 15) is 14.4 Å². The smallest absolute Gasteiger partial charge is 0.328 e. The number of thiazole rings is 1. The van der Waals surface area contributed by atoms with Crippen LogP contribution in [0.4, 0.5) is 0 Å². The molecule has 0 saturated carbocycles. The average Bonchev–Trinajstić information content (AvgIpc) is 3.41. The van der Waals surface area contributed by atoms with Crippen molar-refractivity contribution in [1.29, 1.82) is 0 Å². The Morgan fingerprint density at radius 1 is 1.06 bits per heavy atom. The van der Waals surface area contributed by atoms with Crippen LogP contribution in [0, 0.1) is 11.8 Å². The molecule has 0 aliphatic carbocycles. The predicted molar refractivity (Wildman–Crippen MR) is 141 cm³/mol. The molecule has 2 atom stereocenters. The van der Waals surface area contributed by atoms with E-state index in [4.69, 9.17) is 4.74 Å². The average molecular weight is 511 g/mol. The lowest BCUT2D eigenvalue weighted by atomic mass is 9.97. The Bertz CT molecular complexity index is 1100. The van der Waals surface area contributed by atoms with Gasteiger partial charge >= 0.3 is 5.97 Å². The third-order valence-electron chi connectivity index (χ3n) is 5.43. The maximum atomic E-state index is 13.2. The number of thioether (sulfide) groups is 1. The Kier molecular flexibility index (Phi) is 10.0. The molecule has 0 bridgehead atoms. The van der Waals surface area contributed by atoms with Gasteiger partial charge in [-0.15, -0.1) is 11.3 Å². The van der Waals surface area contributed by atoms with Crippen LogP contribution in [0.25, 0.3) is 10.6 Å². The maximum Gasteiger partial charge on any atom is 0.328 e. The Morgan fingerprint density at radius 2 is 1.77 bits per heavy atom. The van der Waals surface area contributed by atoms with Crippen molar-refractivity contribution < 1.29 is 19.1 Å². The number of nitrogens with one attached hydrogen (secondary N) is 1. The van der Waals surface area contributed by atoms with Gasteiger partial charge in [0.15, 0.2) is 0 Å². The Balaban J connectivity index is 1.66. The summed E-state index contributed by atoms with van der Waals surface area (Å²) in [6, 6.07) is 16.0. The highest BCUT2D eigenvalue weighted by atomic mass is 32.2. The number of carbonyl (C=O) groups is 3. The summed E-state index contributed by atoms with van der Waals surface area (Å²) in [5, 5.41) is 5.65. The second-order valence-corrected chi connectivity index (χ2v) is 10.5. The van der Waals surface area contributed by atoms with Crippen LogP contribution in [-0.4, -0.2) is 40.9 Å². The fraction of sp³-hybridized carbons (Fsp3) is 0.333. The standard InChI is InChI=1S/C27H30N2O4S2/c1-18(2)15-22(17-35-27(32)21-7-5-4-6-8-21)24(30)29-23(26(31)33-3)16-19-9-11-20(12-10-19)25-28-13-14-34-25/h4-14,18,22-23H,15-17H2,1-3H3,(H,29,30)/t22?,23-/m0/s1. The number of rotatable bonds is 11. The van der Waals surface area contributed by atoms with Gasteiger partial charge in [-0.25, -0.2) is 9.78 Å². The Morgan fingerprint density at radius 3 is 2.37 bits per heavy atom. The zero-order chi connectivity index (χ0) is 25.2. The molecule has 0 spiro atoms. The lowest BCUT2D eigenvalue weighted by molar-refractivity contribution is -0.145. The number of amides is 1. The number of carbonyl (C=O) groups excluding carboxylic acids is 3. The van der Waals surface area contributed by atoms with Crippen LogP contribution in [0.3, 0.4) is 0 Å². The number of ether oxygens (including phenoxy) is 1. The fourth-order valence-corrected chi connectivity index (χ4v) is 5.25. The van der Waals surface area contributed by atoms with Crippen LogP contribution in [0.1, 0.15) is 36.2 Å². The molecule has 0 aliphatic rings. The minimum absolute atomic E-state index is 0.0722. The molecule has 0 radical (unpaired) electrons. The van der Waals surface area contributed by atoms with E-state index < -0.39 is 17.9 Å². The number of hydrogen-bond acceptors (Lipinski definition) is 7. The highest BCUT2D eigenvalue weighted by Gasteiger charge is 2.28. The van der Waals surface area contributed by atoms with Crippen molar-refractivity contribution in [2.24, 2.45) is 11.8 Å². The lowest BCUT2D eigenvalue weighted by Gasteiger charge is -2.22. The van der Waals surface area contributed by atoms with E-state index >= 15 is 0 Å². The predicted octanol–water partition coefficient (Wildman–Crippen LogP) is 5.25. The molecular formula is C27H30N2O4S2. The van der Waals surface area contributed by atoms with Gasteiger partial charge in [0.25, 0.3) is 0 Å². The van der Waals surface area contributed by atoms with Crippen LogP contribution < -0.4 is 5.32 Å². The topological polar surface area (TPSA) is 85.4 Å². The molecule has 1 N–H and O–H groups in total. The van der Waals surface area contributed by atoms with E-state index in [0.717, 1.165) is 27.9 Å². The van der Waals surface area contributed by atoms with Gasteiger partial charge in [-0.3, -0.25) is 9.59 Å². The molecule has 35 heavy (non-hydrogen) atoms. The summed E-state index contributed by atoms with van der Waals surface area (Å²) in [6.07, 6.45) is 2.67. The van der Waals surface area contributed by atoms with Crippen molar-refractivity contribution >= 4 is 40.1 Å². The van der Waals surface area contributed by atoms with Gasteiger partial charge in [0.05, 0.1) is 7.11 Å². The van der Waals surface area contributed by atoms with Gasteiger partial charge in [0.2, 0.25) is 11.0 Å². The summed E-state index contributed by atoms with van der Waals surface area (Å²) in [7, 11) is 1.31. The van der Waals surface area contributed by atoms with Crippen molar-refractivity contribution in [2.45, 2.75) is 32.7 Å². The van der Waals surface area contributed by atoms with Crippen LogP contribution in [-0.2, 0) is 20.7 Å². The molecule has 8 heteroatoms. The van der Waals surface area contributed by atoms with Crippen molar-refractivity contribution in [1.82, 2.24) is 10.3 Å². The van der Waals surface area contributed by atoms with Gasteiger partial charge in [-0.05, 0) is 17.9 Å². The fourth-order valence-electron chi connectivity index (χ4n) is 3.66. The number of methoxy groups -OCH3 is 1. The Hall–Kier alpha value is -2.97. The van der Waals surface area contributed by atoms with Crippen LogP contribution >= 0.6 is 23.1 Å². The molecule has 184 valence electrons. The van der Waals surface area contributed by atoms with Crippen LogP contribution in [0.5, 0.6) is 0 Å². The third kappa shape index (κ3) is 8.04. The number of aromatic nitrogens is 1. The second-order valence-electron chi connectivity index (χ2n) is 8.61. The van der Waals surface area contributed by atoms with E-state index in [2.05, 4.69) is 10.3 Å². The molecule has 3 rings (SSSR count). The van der Waals surface area contributed by atoms with Crippen molar-refractivity contribution in [2.75, 3.05) is 12.9 Å². The summed E-state index contributed by atoms with van der Waals surface area (Å²) >= 11 is 2.69. The molecule has 0 aliphatic heterocycles. The van der Waals surface area contributed by atoms with Gasteiger partial charge in [-0.2, -0.15) is 0 Å². The molecule has 0 saturated heterocycles. The first-order valence-corrected chi connectivity index (χ1v) is 13.3. The molecular weight excluding hydrogens is 480 g/mol. The summed E-state index contributed by atoms with van der Waals surface area (Å²) < 4.78 is 4.96. The minimum Gasteiger partial charge on any atom is -0.467 e. The van der Waals surface area contributed by atoms with Crippen molar-refractivity contribution in [3.8, 4) is 10.6 Å². The number of hydrogen-bond donors (Lipinski definition) is 1. The van der Waals surface area contributed by atoms with Crippen molar-refractivity contribution in [3.05, 3.63) is 77.3 Å². The highest BCUT2D eigenvalue weighted by molar-refractivity contribution is 8.14. The first-order chi connectivity index (χ1) is 16.9. The summed E-state index contributed by atoms with van der Waals surface area (Å²) in [5.74, 6) is -0.561. The molecule has 0 fully saturated rings. The first-order valence-electron chi connectivity index (χ1n) is 11.5. The van der Waals surface area contributed by atoms with E-state index in [-0.39, 0.29) is 16.9 Å². The Labute approximate surface area is 214 Å². The zero-order valence-electron chi connectivity index (χ0n) is 20.1. The normalized spacial score (nSPS) is 12.7. The zero-order valence-corrected chi connectivity index (χ0v) is 21.7. The maximum absolute atomic E-state index is 13.2. The lowest BCUT2D eigenvalue weighted by Crippen LogP contribution is -2.46. The number of nitrogens with zero attached hydrogens (tertiary/aromatic N) is 1. The van der Waals surface area contributed by atoms with E-state index in [1.165, 1.54) is 7.11 Å². The number of esters is 1. The van der Waals surface area contributed by atoms with Crippen LogP contribution in [0.2, 0.25) is 0 Å². The monoisotopic (exact) mass is 510 g/mol. The van der Waals surface area contributed by atoms with Gasteiger partial charge in [0.1, 0.15) is 11.0 Å². The largest absolute Gasteiger partial charge is 0.467 e. The molecule has 1 aromatic heterocycles. The van der Waals surface area contributed by atoms with Gasteiger partial charge < -0.3 is 10.1 Å². The minimum atomic E-state index is -0.817. The molecule has 1 amide bonds. The molecule has 2 aromatic carbocycles. The first kappa shape index (κ1) is 26.6. The summed E-state index contributed by atoms with van der Waals surface area (Å²) in [6.45, 7) is 4.07. The highest BCUT2D eigenvalue weighted by Crippen LogP contribution is 2.23. The molecule has 1 unspecified atom stereocenters.